The number of fused-ring (bicyclic) bond motifs is 3. The van der Waals surface area contributed by atoms with Crippen molar-refractivity contribution in [2.24, 2.45) is 0 Å². The van der Waals surface area contributed by atoms with E-state index >= 15 is 0 Å². The first kappa shape index (κ1) is 18.5. The predicted molar refractivity (Wildman–Crippen MR) is 130 cm³/mol. The van der Waals surface area contributed by atoms with E-state index < -0.39 is 0 Å². The third kappa shape index (κ3) is 3.05. The second-order valence-corrected chi connectivity index (χ2v) is 7.64. The number of hydrogen-bond acceptors (Lipinski definition) is 1. The third-order valence-electron chi connectivity index (χ3n) is 6.03. The van der Waals surface area contributed by atoms with Gasteiger partial charge in [-0.3, -0.25) is 0 Å². The first-order valence-corrected chi connectivity index (χ1v) is 10.7. The van der Waals surface area contributed by atoms with Gasteiger partial charge in [0.1, 0.15) is 0 Å². The second kappa shape index (κ2) is 7.72. The SMILES string of the molecule is CCN(CC)c1ccc(-c2ccc(-n3c4ccccc4c4ccccc43)cc2)cc1. The van der Waals surface area contributed by atoms with Gasteiger partial charge in [-0.25, -0.2) is 0 Å². The average Bonchev–Trinajstić information content (AvgIpc) is 3.15. The lowest BCUT2D eigenvalue weighted by molar-refractivity contribution is 0.866. The molecule has 148 valence electrons. The van der Waals surface area contributed by atoms with E-state index in [1.807, 2.05) is 0 Å². The molecule has 0 spiro atoms. The van der Waals surface area contributed by atoms with Gasteiger partial charge in [0, 0.05) is 35.2 Å². The fourth-order valence-corrected chi connectivity index (χ4v) is 4.46. The Hall–Kier alpha value is -3.52. The second-order valence-electron chi connectivity index (χ2n) is 7.64. The Kier molecular flexibility index (Phi) is 4.76. The van der Waals surface area contributed by atoms with E-state index in [1.54, 1.807) is 0 Å². The molecule has 0 aliphatic heterocycles. The van der Waals surface area contributed by atoms with Crippen LogP contribution in [0.5, 0.6) is 0 Å². The van der Waals surface area contributed by atoms with Crippen LogP contribution in [0.15, 0.2) is 97.1 Å². The van der Waals surface area contributed by atoms with E-state index in [9.17, 15) is 0 Å². The highest BCUT2D eigenvalue weighted by Gasteiger charge is 2.11. The molecule has 5 aromatic rings. The van der Waals surface area contributed by atoms with Crippen molar-refractivity contribution in [3.05, 3.63) is 97.1 Å². The summed E-state index contributed by atoms with van der Waals surface area (Å²) in [5, 5.41) is 2.59. The van der Waals surface area contributed by atoms with E-state index in [0.29, 0.717) is 0 Å². The molecule has 4 aromatic carbocycles. The number of hydrogen-bond donors (Lipinski definition) is 0. The van der Waals surface area contributed by atoms with Crippen molar-refractivity contribution in [3.63, 3.8) is 0 Å². The maximum atomic E-state index is 2.37. The van der Waals surface area contributed by atoms with Crippen molar-refractivity contribution in [1.82, 2.24) is 4.57 Å². The molecule has 0 N–H and O–H groups in total. The molecule has 1 aromatic heterocycles. The Morgan fingerprint density at radius 1 is 0.567 bits per heavy atom. The molecule has 0 bridgehead atoms. The zero-order valence-electron chi connectivity index (χ0n) is 17.5. The van der Waals surface area contributed by atoms with Gasteiger partial charge in [0.2, 0.25) is 0 Å². The summed E-state index contributed by atoms with van der Waals surface area (Å²) in [5.41, 5.74) is 7.46. The maximum absolute atomic E-state index is 2.37. The molecule has 5 rings (SSSR count). The zero-order valence-corrected chi connectivity index (χ0v) is 17.5. The molecule has 0 unspecified atom stereocenters. The summed E-state index contributed by atoms with van der Waals surface area (Å²) in [6, 6.07) is 35.1. The lowest BCUT2D eigenvalue weighted by atomic mass is 10.0. The van der Waals surface area contributed by atoms with Gasteiger partial charge >= 0.3 is 0 Å². The summed E-state index contributed by atoms with van der Waals surface area (Å²) in [4.78, 5) is 2.37. The van der Waals surface area contributed by atoms with Crippen LogP contribution in [0, 0.1) is 0 Å². The molecular formula is C28H26N2. The van der Waals surface area contributed by atoms with Crippen molar-refractivity contribution in [1.29, 1.82) is 0 Å². The van der Waals surface area contributed by atoms with Crippen LogP contribution in [-0.4, -0.2) is 17.7 Å². The standard InChI is InChI=1S/C28H26N2/c1-3-29(4-2)23-17-13-21(14-18-23)22-15-19-24(20-16-22)30-27-11-7-5-9-25(27)26-10-6-8-12-28(26)30/h5-20H,3-4H2,1-2H3. The number of para-hydroxylation sites is 2. The van der Waals surface area contributed by atoms with E-state index in [4.69, 9.17) is 0 Å². The molecule has 0 amide bonds. The normalized spacial score (nSPS) is 11.3. The molecule has 0 aliphatic rings. The Labute approximate surface area is 178 Å². The minimum atomic E-state index is 1.03. The van der Waals surface area contributed by atoms with Gasteiger partial charge in [0.25, 0.3) is 0 Å². The van der Waals surface area contributed by atoms with Crippen molar-refractivity contribution < 1.29 is 0 Å². The van der Waals surface area contributed by atoms with Gasteiger partial charge in [0.15, 0.2) is 0 Å². The summed E-state index contributed by atoms with van der Waals surface area (Å²) in [5.74, 6) is 0. The van der Waals surface area contributed by atoms with Gasteiger partial charge in [-0.2, -0.15) is 0 Å². The Balaban J connectivity index is 1.54. The third-order valence-corrected chi connectivity index (χ3v) is 6.03. The highest BCUT2D eigenvalue weighted by molar-refractivity contribution is 6.09. The number of benzene rings is 4. The monoisotopic (exact) mass is 390 g/mol. The first-order chi connectivity index (χ1) is 14.8. The molecule has 1 heterocycles. The largest absolute Gasteiger partial charge is 0.372 e. The molecule has 0 radical (unpaired) electrons. The minimum absolute atomic E-state index is 1.03. The van der Waals surface area contributed by atoms with E-state index in [1.165, 1.54) is 44.3 Å². The molecule has 0 aliphatic carbocycles. The van der Waals surface area contributed by atoms with Gasteiger partial charge in [-0.15, -0.1) is 0 Å². The molecule has 0 fully saturated rings. The highest BCUT2D eigenvalue weighted by Crippen LogP contribution is 2.32. The van der Waals surface area contributed by atoms with E-state index in [2.05, 4.69) is 120 Å². The fourth-order valence-electron chi connectivity index (χ4n) is 4.46. The smallest absolute Gasteiger partial charge is 0.0541 e. The summed E-state index contributed by atoms with van der Waals surface area (Å²) >= 11 is 0. The zero-order chi connectivity index (χ0) is 20.5. The minimum Gasteiger partial charge on any atom is -0.372 e. The lowest BCUT2D eigenvalue weighted by Gasteiger charge is -2.21. The van der Waals surface area contributed by atoms with Crippen molar-refractivity contribution >= 4 is 27.5 Å². The summed E-state index contributed by atoms with van der Waals surface area (Å²) in [7, 11) is 0. The Bertz CT molecular complexity index is 1240. The highest BCUT2D eigenvalue weighted by atomic mass is 15.1. The first-order valence-electron chi connectivity index (χ1n) is 10.7. The molecule has 2 heteroatoms. The Morgan fingerprint density at radius 3 is 1.53 bits per heavy atom. The van der Waals surface area contributed by atoms with Crippen LogP contribution in [0.1, 0.15) is 13.8 Å². The van der Waals surface area contributed by atoms with E-state index in [-0.39, 0.29) is 0 Å². The van der Waals surface area contributed by atoms with Crippen molar-refractivity contribution in [2.45, 2.75) is 13.8 Å². The fraction of sp³-hybridized carbons (Fsp3) is 0.143. The number of rotatable bonds is 5. The molecule has 0 saturated carbocycles. The maximum Gasteiger partial charge on any atom is 0.0541 e. The van der Waals surface area contributed by atoms with Gasteiger partial charge in [-0.1, -0.05) is 60.7 Å². The van der Waals surface area contributed by atoms with Crippen LogP contribution in [-0.2, 0) is 0 Å². The molecule has 0 saturated heterocycles. The van der Waals surface area contributed by atoms with Crippen LogP contribution in [0.4, 0.5) is 5.69 Å². The lowest BCUT2D eigenvalue weighted by Crippen LogP contribution is -2.21. The van der Waals surface area contributed by atoms with Gasteiger partial charge in [0.05, 0.1) is 11.0 Å². The quantitative estimate of drug-likeness (QED) is 0.306. The number of nitrogens with zero attached hydrogens (tertiary/aromatic N) is 2. The molecule has 30 heavy (non-hydrogen) atoms. The van der Waals surface area contributed by atoms with Crippen LogP contribution in [0.3, 0.4) is 0 Å². The topological polar surface area (TPSA) is 8.17 Å². The van der Waals surface area contributed by atoms with Crippen LogP contribution >= 0.6 is 0 Å². The van der Waals surface area contributed by atoms with E-state index in [0.717, 1.165) is 13.1 Å². The predicted octanol–water partition coefficient (Wildman–Crippen LogP) is 7.30. The Morgan fingerprint density at radius 2 is 1.03 bits per heavy atom. The van der Waals surface area contributed by atoms with Crippen LogP contribution < -0.4 is 4.90 Å². The summed E-state index contributed by atoms with van der Waals surface area (Å²) in [6.45, 7) is 6.46. The van der Waals surface area contributed by atoms with Crippen molar-refractivity contribution in [3.8, 4) is 16.8 Å². The number of aromatic nitrogens is 1. The molecule has 2 nitrogen and oxygen atoms in total. The van der Waals surface area contributed by atoms with Crippen molar-refractivity contribution in [2.75, 3.05) is 18.0 Å². The molecular weight excluding hydrogens is 364 g/mol. The van der Waals surface area contributed by atoms with Crippen LogP contribution in [0.2, 0.25) is 0 Å². The number of anilines is 1. The summed E-state index contributed by atoms with van der Waals surface area (Å²) < 4.78 is 2.36. The van der Waals surface area contributed by atoms with Gasteiger partial charge < -0.3 is 9.47 Å². The van der Waals surface area contributed by atoms with Gasteiger partial charge in [-0.05, 0) is 61.4 Å². The molecule has 0 atom stereocenters. The summed E-state index contributed by atoms with van der Waals surface area (Å²) in [6.07, 6.45) is 0. The van der Waals surface area contributed by atoms with Crippen LogP contribution in [0.25, 0.3) is 38.6 Å². The average molecular weight is 391 g/mol.